The maximum absolute atomic E-state index is 6.44. The van der Waals surface area contributed by atoms with Gasteiger partial charge in [-0.15, -0.1) is 0 Å². The van der Waals surface area contributed by atoms with Crippen molar-refractivity contribution in [2.24, 2.45) is 0 Å². The highest BCUT2D eigenvalue weighted by Crippen LogP contribution is 2.39. The summed E-state index contributed by atoms with van der Waals surface area (Å²) in [6.45, 7) is 0. The van der Waals surface area contributed by atoms with Gasteiger partial charge in [-0.1, -0.05) is 133 Å². The SMILES string of the molecule is c1ccc(-c2nc(-c3ccccc3)nc(-c3cccc4oc5ccc(-c6ccc7nc(-c8ccccc8-c8ccccc8)oc7c6)cc5c34)n2)cc1. The molecule has 0 N–H and O–H groups in total. The highest BCUT2D eigenvalue weighted by molar-refractivity contribution is 6.13. The van der Waals surface area contributed by atoms with Crippen molar-refractivity contribution in [2.75, 3.05) is 0 Å². The number of oxazole rings is 1. The Morgan fingerprint density at radius 1 is 0.327 bits per heavy atom. The number of hydrogen-bond donors (Lipinski definition) is 0. The molecule has 244 valence electrons. The summed E-state index contributed by atoms with van der Waals surface area (Å²) in [6.07, 6.45) is 0. The number of rotatable bonds is 6. The van der Waals surface area contributed by atoms with Crippen molar-refractivity contribution < 1.29 is 8.83 Å². The molecule has 0 aliphatic heterocycles. The average Bonchev–Trinajstić information content (AvgIpc) is 3.83. The lowest BCUT2D eigenvalue weighted by atomic mass is 10.00. The van der Waals surface area contributed by atoms with Crippen molar-refractivity contribution >= 4 is 33.0 Å². The fourth-order valence-electron chi connectivity index (χ4n) is 6.88. The first-order valence-electron chi connectivity index (χ1n) is 17.1. The summed E-state index contributed by atoms with van der Waals surface area (Å²) in [5, 5.41) is 1.92. The Morgan fingerprint density at radius 2 is 0.904 bits per heavy atom. The van der Waals surface area contributed by atoms with Crippen LogP contribution in [-0.4, -0.2) is 19.9 Å². The van der Waals surface area contributed by atoms with Crippen LogP contribution in [0.25, 0.3) is 101 Å². The third-order valence-corrected chi connectivity index (χ3v) is 9.40. The van der Waals surface area contributed by atoms with Gasteiger partial charge in [0.25, 0.3) is 0 Å². The Hall–Kier alpha value is -7.18. The third kappa shape index (κ3) is 5.22. The van der Waals surface area contributed by atoms with Gasteiger partial charge in [0.1, 0.15) is 16.7 Å². The molecule has 6 heteroatoms. The summed E-state index contributed by atoms with van der Waals surface area (Å²) >= 11 is 0. The van der Waals surface area contributed by atoms with Crippen LogP contribution in [0.15, 0.2) is 179 Å². The van der Waals surface area contributed by atoms with E-state index in [-0.39, 0.29) is 0 Å². The van der Waals surface area contributed by atoms with E-state index in [2.05, 4.69) is 54.6 Å². The highest BCUT2D eigenvalue weighted by atomic mass is 16.3. The summed E-state index contributed by atoms with van der Waals surface area (Å²) in [5.74, 6) is 2.40. The number of aromatic nitrogens is 4. The lowest BCUT2D eigenvalue weighted by molar-refractivity contribution is 0.620. The van der Waals surface area contributed by atoms with E-state index in [4.69, 9.17) is 28.8 Å². The molecule has 6 nitrogen and oxygen atoms in total. The minimum Gasteiger partial charge on any atom is -0.456 e. The standard InChI is InChI=1S/C46H28N4O2/c1-4-13-29(14-5-1)34-19-10-11-20-35(34)46-47-38-25-23-33(28-41(38)52-46)32-24-26-39-37(27-32)42-36(21-12-22-40(42)51-39)45-49-43(30-15-6-2-7-16-30)48-44(50-45)31-17-8-3-9-18-31/h1-28H. The van der Waals surface area contributed by atoms with Crippen LogP contribution in [0, 0.1) is 0 Å². The van der Waals surface area contributed by atoms with Gasteiger partial charge in [0.2, 0.25) is 5.89 Å². The molecular weight excluding hydrogens is 641 g/mol. The normalized spacial score (nSPS) is 11.5. The summed E-state index contributed by atoms with van der Waals surface area (Å²) in [5.41, 5.74) is 11.0. The highest BCUT2D eigenvalue weighted by Gasteiger charge is 2.19. The Balaban J connectivity index is 1.09. The summed E-state index contributed by atoms with van der Waals surface area (Å²) in [4.78, 5) is 19.8. The van der Waals surface area contributed by atoms with Crippen LogP contribution < -0.4 is 0 Å². The van der Waals surface area contributed by atoms with Crippen LogP contribution in [0.2, 0.25) is 0 Å². The fraction of sp³-hybridized carbons (Fsp3) is 0. The van der Waals surface area contributed by atoms with E-state index < -0.39 is 0 Å². The van der Waals surface area contributed by atoms with Crippen LogP contribution in [0.4, 0.5) is 0 Å². The molecule has 52 heavy (non-hydrogen) atoms. The molecule has 0 bridgehead atoms. The second kappa shape index (κ2) is 12.3. The van der Waals surface area contributed by atoms with E-state index in [0.29, 0.717) is 23.4 Å². The second-order valence-corrected chi connectivity index (χ2v) is 12.6. The minimum absolute atomic E-state index is 0.581. The molecule has 0 radical (unpaired) electrons. The maximum Gasteiger partial charge on any atom is 0.227 e. The summed E-state index contributed by atoms with van der Waals surface area (Å²) < 4.78 is 12.8. The predicted molar refractivity (Wildman–Crippen MR) is 207 cm³/mol. The molecule has 3 heterocycles. The Morgan fingerprint density at radius 3 is 1.62 bits per heavy atom. The van der Waals surface area contributed by atoms with Gasteiger partial charge in [0.05, 0.1) is 0 Å². The number of hydrogen-bond acceptors (Lipinski definition) is 6. The number of benzene rings is 7. The van der Waals surface area contributed by atoms with E-state index in [1.165, 1.54) is 0 Å². The zero-order valence-corrected chi connectivity index (χ0v) is 27.8. The molecule has 0 amide bonds. The van der Waals surface area contributed by atoms with Crippen molar-refractivity contribution in [1.29, 1.82) is 0 Å². The van der Waals surface area contributed by atoms with E-state index in [1.54, 1.807) is 0 Å². The van der Waals surface area contributed by atoms with E-state index in [0.717, 1.165) is 77.5 Å². The molecule has 7 aromatic carbocycles. The zero-order valence-electron chi connectivity index (χ0n) is 27.8. The largest absolute Gasteiger partial charge is 0.456 e. The number of nitrogens with zero attached hydrogens (tertiary/aromatic N) is 4. The van der Waals surface area contributed by atoms with Gasteiger partial charge >= 0.3 is 0 Å². The third-order valence-electron chi connectivity index (χ3n) is 9.40. The monoisotopic (exact) mass is 668 g/mol. The van der Waals surface area contributed by atoms with Crippen LogP contribution in [0.1, 0.15) is 0 Å². The van der Waals surface area contributed by atoms with Crippen molar-refractivity contribution in [3.05, 3.63) is 170 Å². The van der Waals surface area contributed by atoms with Gasteiger partial charge in [-0.25, -0.2) is 19.9 Å². The maximum atomic E-state index is 6.44. The van der Waals surface area contributed by atoms with Gasteiger partial charge in [-0.2, -0.15) is 0 Å². The second-order valence-electron chi connectivity index (χ2n) is 12.6. The lowest BCUT2D eigenvalue weighted by Gasteiger charge is -2.09. The van der Waals surface area contributed by atoms with E-state index in [1.807, 2.05) is 115 Å². The van der Waals surface area contributed by atoms with Crippen LogP contribution in [0.5, 0.6) is 0 Å². The molecule has 0 saturated heterocycles. The molecule has 0 spiro atoms. The molecule has 0 saturated carbocycles. The number of furan rings is 1. The lowest BCUT2D eigenvalue weighted by Crippen LogP contribution is -2.00. The van der Waals surface area contributed by atoms with Gasteiger partial charge in [-0.3, -0.25) is 0 Å². The Labute approximate surface area is 298 Å². The van der Waals surface area contributed by atoms with Gasteiger partial charge in [-0.05, 0) is 58.7 Å². The first kappa shape index (κ1) is 29.7. The Kier molecular flexibility index (Phi) is 7.03. The van der Waals surface area contributed by atoms with Gasteiger partial charge < -0.3 is 8.83 Å². The van der Waals surface area contributed by atoms with E-state index in [9.17, 15) is 0 Å². The smallest absolute Gasteiger partial charge is 0.227 e. The molecule has 0 fully saturated rings. The molecule has 3 aromatic heterocycles. The molecule has 10 aromatic rings. The first-order chi connectivity index (χ1) is 25.7. The molecule has 0 unspecified atom stereocenters. The Bertz CT molecular complexity index is 2840. The van der Waals surface area contributed by atoms with Crippen LogP contribution >= 0.6 is 0 Å². The van der Waals surface area contributed by atoms with Crippen LogP contribution in [-0.2, 0) is 0 Å². The van der Waals surface area contributed by atoms with Crippen molar-refractivity contribution in [3.8, 4) is 67.9 Å². The average molecular weight is 669 g/mol. The first-order valence-corrected chi connectivity index (χ1v) is 17.1. The summed E-state index contributed by atoms with van der Waals surface area (Å²) in [7, 11) is 0. The van der Waals surface area contributed by atoms with Crippen molar-refractivity contribution in [1.82, 2.24) is 19.9 Å². The number of fused-ring (bicyclic) bond motifs is 4. The topological polar surface area (TPSA) is 77.8 Å². The van der Waals surface area contributed by atoms with Gasteiger partial charge in [0, 0.05) is 33.0 Å². The molecule has 10 rings (SSSR count). The van der Waals surface area contributed by atoms with E-state index >= 15 is 0 Å². The molecule has 0 aliphatic carbocycles. The van der Waals surface area contributed by atoms with Crippen molar-refractivity contribution in [2.45, 2.75) is 0 Å². The quantitative estimate of drug-likeness (QED) is 0.175. The summed E-state index contributed by atoms with van der Waals surface area (Å²) in [6, 6.07) is 57.0. The zero-order chi connectivity index (χ0) is 34.4. The molecule has 0 atom stereocenters. The fourth-order valence-corrected chi connectivity index (χ4v) is 6.88. The van der Waals surface area contributed by atoms with Crippen molar-refractivity contribution in [3.63, 3.8) is 0 Å². The van der Waals surface area contributed by atoms with Crippen LogP contribution in [0.3, 0.4) is 0 Å². The molecule has 0 aliphatic rings. The molecular formula is C46H28N4O2. The van der Waals surface area contributed by atoms with Gasteiger partial charge in [0.15, 0.2) is 23.1 Å². The minimum atomic E-state index is 0.581. The predicted octanol–water partition coefficient (Wildman–Crippen LogP) is 11.9.